The Morgan fingerprint density at radius 3 is 0.359 bits per heavy atom. The topological polar surface area (TPSA) is 36.9 Å². The van der Waals surface area contributed by atoms with Gasteiger partial charge in [0, 0.05) is 0 Å². The molecule has 0 bridgehead atoms. The average Bonchev–Trinajstić information content (AvgIpc) is 0.769. The summed E-state index contributed by atoms with van der Waals surface area (Å²) in [6, 6.07) is 167. The highest BCUT2D eigenvalue weighted by Gasteiger charge is 2.49. The monoisotopic (exact) mass is 1780 g/mol. The molecule has 128 heavy (non-hydrogen) atoms. The van der Waals surface area contributed by atoms with E-state index in [1.807, 2.05) is 0 Å². The van der Waals surface area contributed by atoms with Crippen LogP contribution < -0.4 is 101 Å². The number of ether oxygens (including phenoxy) is 4. The molecular formula is C116H120F4O4P4. The minimum absolute atomic E-state index is 0. The highest BCUT2D eigenvalue weighted by atomic mass is 31.2. The molecule has 0 atom stereocenters. The molecule has 0 aliphatic heterocycles. The van der Waals surface area contributed by atoms with Crippen LogP contribution in [0.25, 0.3) is 0 Å². The molecule has 12 heteroatoms. The number of rotatable bonds is 36. The molecule has 0 aliphatic carbocycles. The molecule has 0 spiro atoms. The SMILES string of the molecule is CCCCOc1ccc(C[P+](c2ccccc2)(c2ccccc2)c2ccccc2)cc1.CCCCOc1ccc(C[P+](c2ccccc2)(c2ccccc2)c2ccccc2)cc1.CCCCOc1ccc(C[P+](c2ccccc2)(c2ccccc2)c2ccccc2)cc1.CCCCOc1ccc(C[P+](c2ccccc2)(c2ccccc2)c2ccccc2)cc1.[F-].[F-].[F-].[F-]. The lowest BCUT2D eigenvalue weighted by Crippen LogP contribution is -3.00. The molecule has 0 N–H and O–H groups in total. The summed E-state index contributed by atoms with van der Waals surface area (Å²) in [4.78, 5) is 0. The third kappa shape index (κ3) is 26.2. The van der Waals surface area contributed by atoms with Gasteiger partial charge in [-0.3, -0.25) is 0 Å². The van der Waals surface area contributed by atoms with Crippen molar-refractivity contribution in [2.24, 2.45) is 0 Å². The Morgan fingerprint density at radius 1 is 0.148 bits per heavy atom. The summed E-state index contributed by atoms with van der Waals surface area (Å²) < 4.78 is 23.6. The first-order valence-corrected chi connectivity index (χ1v) is 52.3. The molecule has 0 aliphatic rings. The average molecular weight is 1780 g/mol. The lowest BCUT2D eigenvalue weighted by Gasteiger charge is -2.28. The summed E-state index contributed by atoms with van der Waals surface area (Å²) in [6.07, 6.45) is 12.9. The van der Waals surface area contributed by atoms with Crippen molar-refractivity contribution in [1.29, 1.82) is 0 Å². The van der Waals surface area contributed by atoms with Crippen molar-refractivity contribution in [2.45, 2.75) is 104 Å². The number of unbranched alkanes of at least 4 members (excludes halogenated alkanes) is 4. The van der Waals surface area contributed by atoms with E-state index in [1.165, 1.54) is 85.9 Å². The fourth-order valence-corrected chi connectivity index (χ4v) is 33.2. The molecule has 0 saturated heterocycles. The molecule has 16 aromatic carbocycles. The molecule has 0 radical (unpaired) electrons. The zero-order valence-electron chi connectivity index (χ0n) is 74.1. The Hall–Kier alpha value is -11.8. The second-order valence-corrected chi connectivity index (χ2v) is 45.2. The van der Waals surface area contributed by atoms with Crippen molar-refractivity contribution in [3.05, 3.63) is 483 Å². The summed E-state index contributed by atoms with van der Waals surface area (Å²) in [6.45, 7) is 11.9. The lowest BCUT2D eigenvalue weighted by molar-refractivity contribution is -0.00100. The first kappa shape index (κ1) is 99.9. The highest BCUT2D eigenvalue weighted by molar-refractivity contribution is 7.96. The summed E-state index contributed by atoms with van der Waals surface area (Å²) in [5.74, 6) is 3.83. The maximum absolute atomic E-state index is 5.89. The molecule has 0 aromatic heterocycles. The van der Waals surface area contributed by atoms with E-state index in [-0.39, 0.29) is 18.8 Å². The number of benzene rings is 16. The van der Waals surface area contributed by atoms with Gasteiger partial charge in [-0.25, -0.2) is 0 Å². The van der Waals surface area contributed by atoms with E-state index in [2.05, 4.69) is 489 Å². The second kappa shape index (κ2) is 53.1. The molecule has 4 nitrogen and oxygen atoms in total. The van der Waals surface area contributed by atoms with Gasteiger partial charge in [0.2, 0.25) is 0 Å². The van der Waals surface area contributed by atoms with Crippen molar-refractivity contribution in [3.8, 4) is 23.0 Å². The van der Waals surface area contributed by atoms with Crippen LogP contribution in [0.1, 0.15) is 101 Å². The zero-order valence-corrected chi connectivity index (χ0v) is 77.7. The van der Waals surface area contributed by atoms with Crippen molar-refractivity contribution in [1.82, 2.24) is 0 Å². The van der Waals surface area contributed by atoms with Crippen LogP contribution in [0, 0.1) is 0 Å². The van der Waals surface area contributed by atoms with Crippen molar-refractivity contribution in [3.63, 3.8) is 0 Å². The van der Waals surface area contributed by atoms with Gasteiger partial charge in [-0.1, -0.05) is 320 Å². The van der Waals surface area contributed by atoms with Gasteiger partial charge in [0.05, 0.1) is 51.1 Å². The van der Waals surface area contributed by atoms with E-state index in [0.29, 0.717) is 0 Å². The van der Waals surface area contributed by atoms with Crippen molar-refractivity contribution in [2.75, 3.05) is 26.4 Å². The summed E-state index contributed by atoms with van der Waals surface area (Å²) in [5.41, 5.74) is 5.36. The van der Waals surface area contributed by atoms with E-state index in [4.69, 9.17) is 18.9 Å². The van der Waals surface area contributed by atoms with Crippen LogP contribution in [0.2, 0.25) is 0 Å². The molecule has 16 rings (SSSR count). The first-order chi connectivity index (χ1) is 61.3. The van der Waals surface area contributed by atoms with Gasteiger partial charge in [0.25, 0.3) is 0 Å². The standard InChI is InChI=1S/4C29H30OP.4FH/c4*1-2-3-23-30-26-21-19-25(20-22-26)24-31(27-13-7-4-8-14-27,28-15-9-5-10-16-28)29-17-11-6-12-18-29;;;;/h4*4-22H,2-3,23-24H2,1H3;4*1H/q4*+1;;;;/p-4. The third-order valence-corrected chi connectivity index (χ3v) is 40.3. The largest absolute Gasteiger partial charge is 1.00 e. The van der Waals surface area contributed by atoms with E-state index in [0.717, 1.165) is 125 Å². The van der Waals surface area contributed by atoms with Crippen LogP contribution in [-0.4, -0.2) is 26.4 Å². The van der Waals surface area contributed by atoms with E-state index >= 15 is 0 Å². The molecule has 0 fully saturated rings. The van der Waals surface area contributed by atoms with Gasteiger partial charge < -0.3 is 37.8 Å². The molecule has 656 valence electrons. The van der Waals surface area contributed by atoms with Crippen LogP contribution in [0.15, 0.2) is 461 Å². The van der Waals surface area contributed by atoms with E-state index in [9.17, 15) is 0 Å². The van der Waals surface area contributed by atoms with Crippen LogP contribution >= 0.6 is 29.0 Å². The molecular weight excluding hydrogens is 1660 g/mol. The minimum Gasteiger partial charge on any atom is -1.00 e. The van der Waals surface area contributed by atoms with Crippen LogP contribution in [-0.2, 0) is 24.6 Å². The number of hydrogen-bond acceptors (Lipinski definition) is 4. The van der Waals surface area contributed by atoms with Gasteiger partial charge in [-0.15, -0.1) is 0 Å². The summed E-state index contributed by atoms with van der Waals surface area (Å²) in [7, 11) is -7.43. The fourth-order valence-electron chi connectivity index (χ4n) is 16.3. The van der Waals surface area contributed by atoms with Crippen LogP contribution in [0.3, 0.4) is 0 Å². The number of hydrogen-bond donors (Lipinski definition) is 0. The molecule has 0 amide bonds. The smallest absolute Gasteiger partial charge is 0.119 e. The van der Waals surface area contributed by atoms with E-state index in [1.54, 1.807) is 0 Å². The number of halogens is 4. The Bertz CT molecular complexity index is 4530. The van der Waals surface area contributed by atoms with Gasteiger partial charge >= 0.3 is 0 Å². The summed E-state index contributed by atoms with van der Waals surface area (Å²) >= 11 is 0. The third-order valence-electron chi connectivity index (χ3n) is 22.8. The Labute approximate surface area is 761 Å². The normalized spacial score (nSPS) is 10.9. The maximum atomic E-state index is 5.89. The second-order valence-electron chi connectivity index (χ2n) is 31.3. The minimum atomic E-state index is -1.86. The lowest BCUT2D eigenvalue weighted by atomic mass is 10.2. The Kier molecular flexibility index (Phi) is 41.4. The quantitative estimate of drug-likeness (QED) is 0.0223. The molecule has 16 aromatic rings. The predicted octanol–water partition coefficient (Wildman–Crippen LogP) is 13.5. The molecule has 0 unspecified atom stereocenters. The zero-order chi connectivity index (χ0) is 85.4. The fraction of sp³-hybridized carbons (Fsp3) is 0.172. The highest BCUT2D eigenvalue weighted by Crippen LogP contribution is 2.62. The van der Waals surface area contributed by atoms with Crippen LogP contribution in [0.5, 0.6) is 23.0 Å². The van der Waals surface area contributed by atoms with Gasteiger partial charge in [0.15, 0.2) is 0 Å². The van der Waals surface area contributed by atoms with E-state index < -0.39 is 29.0 Å². The van der Waals surface area contributed by atoms with Crippen molar-refractivity contribution < 1.29 is 37.8 Å². The summed E-state index contributed by atoms with van der Waals surface area (Å²) in [5, 5.41) is 17.0. The van der Waals surface area contributed by atoms with Gasteiger partial charge in [-0.2, -0.15) is 0 Å². The van der Waals surface area contributed by atoms with Gasteiger partial charge in [0.1, 0.15) is 116 Å². The molecule has 0 heterocycles. The Balaban J connectivity index is 0.000000191. The van der Waals surface area contributed by atoms with Crippen LogP contribution in [0.4, 0.5) is 0 Å². The first-order valence-electron chi connectivity index (χ1n) is 44.4. The van der Waals surface area contributed by atoms with Crippen molar-refractivity contribution >= 4 is 92.7 Å². The predicted molar refractivity (Wildman–Crippen MR) is 543 cm³/mol. The molecule has 0 saturated carbocycles. The Morgan fingerprint density at radius 2 is 0.258 bits per heavy atom. The maximum Gasteiger partial charge on any atom is 0.119 e. The van der Waals surface area contributed by atoms with Gasteiger partial charge in [-0.05, 0) is 242 Å².